The van der Waals surface area contributed by atoms with Gasteiger partial charge in [-0.05, 0) is 36.8 Å². The molecule has 0 N–H and O–H groups in total. The highest BCUT2D eigenvalue weighted by Crippen LogP contribution is 2.33. The first-order valence-electron chi connectivity index (χ1n) is 4.94. The third-order valence-electron chi connectivity index (χ3n) is 2.53. The van der Waals surface area contributed by atoms with Crippen molar-refractivity contribution in [2.24, 2.45) is 5.92 Å². The molecule has 0 bridgehead atoms. The first-order valence-corrected chi connectivity index (χ1v) is 4.94. The van der Waals surface area contributed by atoms with Gasteiger partial charge in [-0.15, -0.1) is 0 Å². The van der Waals surface area contributed by atoms with Crippen LogP contribution in [0.15, 0.2) is 48.1 Å². The van der Waals surface area contributed by atoms with Gasteiger partial charge in [-0.25, -0.2) is 0 Å². The van der Waals surface area contributed by atoms with Gasteiger partial charge in [-0.1, -0.05) is 43.9 Å². The van der Waals surface area contributed by atoms with E-state index in [-0.39, 0.29) is 0 Å². The monoisotopic (exact) mass is 174 g/mol. The summed E-state index contributed by atoms with van der Waals surface area (Å²) in [6.07, 6.45) is 12.9. The minimum Gasteiger partial charge on any atom is -0.0991 e. The van der Waals surface area contributed by atoms with E-state index in [1.165, 1.54) is 24.0 Å². The van der Waals surface area contributed by atoms with Crippen molar-refractivity contribution in [2.45, 2.75) is 26.7 Å². The van der Waals surface area contributed by atoms with E-state index < -0.39 is 0 Å². The summed E-state index contributed by atoms with van der Waals surface area (Å²) in [5, 5.41) is 0. The largest absolute Gasteiger partial charge is 0.0991 e. The molecule has 0 fully saturated rings. The molecule has 1 unspecified atom stereocenters. The molecule has 70 valence electrons. The average Bonchev–Trinajstić information content (AvgIpc) is 2.46. The fourth-order valence-corrected chi connectivity index (χ4v) is 1.80. The smallest absolute Gasteiger partial charge is 0.0185 e. The highest BCUT2D eigenvalue weighted by Gasteiger charge is 2.17. The molecule has 1 rings (SSSR count). The van der Waals surface area contributed by atoms with Crippen molar-refractivity contribution in [1.82, 2.24) is 0 Å². The molecule has 0 aromatic heterocycles. The van der Waals surface area contributed by atoms with Crippen molar-refractivity contribution >= 4 is 0 Å². The van der Waals surface area contributed by atoms with Crippen molar-refractivity contribution in [2.75, 3.05) is 0 Å². The van der Waals surface area contributed by atoms with Gasteiger partial charge >= 0.3 is 0 Å². The Morgan fingerprint density at radius 3 is 2.77 bits per heavy atom. The zero-order valence-electron chi connectivity index (χ0n) is 8.59. The van der Waals surface area contributed by atoms with Crippen LogP contribution in [-0.2, 0) is 0 Å². The van der Waals surface area contributed by atoms with Gasteiger partial charge in [0.15, 0.2) is 0 Å². The summed E-state index contributed by atoms with van der Waals surface area (Å²) in [7, 11) is 0. The fourth-order valence-electron chi connectivity index (χ4n) is 1.80. The van der Waals surface area contributed by atoms with Crippen LogP contribution in [0, 0.1) is 5.92 Å². The van der Waals surface area contributed by atoms with Crippen molar-refractivity contribution in [3.63, 3.8) is 0 Å². The van der Waals surface area contributed by atoms with Crippen molar-refractivity contribution in [1.29, 1.82) is 0 Å². The minimum atomic E-state index is 0.723. The Bertz CT molecular complexity index is 264. The lowest BCUT2D eigenvalue weighted by Gasteiger charge is -2.03. The van der Waals surface area contributed by atoms with Crippen LogP contribution in [-0.4, -0.2) is 0 Å². The van der Waals surface area contributed by atoms with E-state index in [0.29, 0.717) is 0 Å². The van der Waals surface area contributed by atoms with Crippen LogP contribution >= 0.6 is 0 Å². The van der Waals surface area contributed by atoms with E-state index in [4.69, 9.17) is 0 Å². The second-order valence-corrected chi connectivity index (χ2v) is 3.52. The van der Waals surface area contributed by atoms with E-state index >= 15 is 0 Å². The molecule has 0 saturated heterocycles. The van der Waals surface area contributed by atoms with Crippen LogP contribution in [0.25, 0.3) is 0 Å². The molecule has 0 spiro atoms. The predicted molar refractivity (Wildman–Crippen MR) is 59.6 cm³/mol. The van der Waals surface area contributed by atoms with E-state index in [1.54, 1.807) is 0 Å². The topological polar surface area (TPSA) is 0 Å². The lowest BCUT2D eigenvalue weighted by Crippen LogP contribution is -1.89. The van der Waals surface area contributed by atoms with E-state index in [9.17, 15) is 0 Å². The summed E-state index contributed by atoms with van der Waals surface area (Å²) >= 11 is 0. The number of allylic oxidation sites excluding steroid dienone is 7. The molecule has 1 aliphatic rings. The van der Waals surface area contributed by atoms with Gasteiger partial charge < -0.3 is 0 Å². The van der Waals surface area contributed by atoms with Crippen molar-refractivity contribution in [3.05, 3.63) is 48.1 Å². The number of hydrogen-bond acceptors (Lipinski definition) is 0. The van der Waals surface area contributed by atoms with Crippen LogP contribution < -0.4 is 0 Å². The molecule has 1 atom stereocenters. The zero-order chi connectivity index (χ0) is 9.68. The molecule has 0 aliphatic heterocycles. The summed E-state index contributed by atoms with van der Waals surface area (Å²) in [5.41, 5.74) is 2.98. The molecule has 0 aromatic rings. The fraction of sp³-hybridized carbons (Fsp3) is 0.385. The van der Waals surface area contributed by atoms with Crippen molar-refractivity contribution < 1.29 is 0 Å². The number of rotatable bonds is 3. The summed E-state index contributed by atoms with van der Waals surface area (Å²) in [6.45, 7) is 8.06. The maximum atomic E-state index is 3.68. The molecular formula is C13H18. The highest BCUT2D eigenvalue weighted by molar-refractivity contribution is 5.38. The van der Waals surface area contributed by atoms with Crippen LogP contribution in [0.3, 0.4) is 0 Å². The molecule has 1 aliphatic carbocycles. The lowest BCUT2D eigenvalue weighted by molar-refractivity contribution is 0.680. The molecular weight excluding hydrogens is 156 g/mol. The van der Waals surface area contributed by atoms with Crippen LogP contribution in [0.2, 0.25) is 0 Å². The Morgan fingerprint density at radius 2 is 2.15 bits per heavy atom. The summed E-state index contributed by atoms with van der Waals surface area (Å²) in [6, 6.07) is 0. The maximum absolute atomic E-state index is 3.68. The standard InChI is InChI=1S/C13H18/c1-4-6-8-12-10-9-11(3)13(12)7-5-2/h4-8,11H,1,9-10H2,2-3H3/b7-5-,8-6+. The molecule has 0 saturated carbocycles. The molecule has 0 nitrogen and oxygen atoms in total. The minimum absolute atomic E-state index is 0.723. The van der Waals surface area contributed by atoms with E-state index in [1.807, 2.05) is 12.2 Å². The van der Waals surface area contributed by atoms with E-state index in [0.717, 1.165) is 5.92 Å². The van der Waals surface area contributed by atoms with Gasteiger partial charge in [0.2, 0.25) is 0 Å². The molecule has 0 heteroatoms. The Kier molecular flexibility index (Phi) is 3.75. The SMILES string of the molecule is C=C/C=C/C1=C(/C=C\C)C(C)CC1. The molecule has 0 aromatic carbocycles. The second kappa shape index (κ2) is 4.86. The second-order valence-electron chi connectivity index (χ2n) is 3.52. The third kappa shape index (κ3) is 2.45. The first kappa shape index (κ1) is 10.0. The Labute approximate surface area is 81.4 Å². The summed E-state index contributed by atoms with van der Waals surface area (Å²) < 4.78 is 0. The Hall–Kier alpha value is -1.04. The lowest BCUT2D eigenvalue weighted by atomic mass is 10.0. The predicted octanol–water partition coefficient (Wildman–Crippen LogP) is 4.03. The summed E-state index contributed by atoms with van der Waals surface area (Å²) in [4.78, 5) is 0. The van der Waals surface area contributed by atoms with Gasteiger partial charge in [-0.2, -0.15) is 0 Å². The van der Waals surface area contributed by atoms with Gasteiger partial charge in [-0.3, -0.25) is 0 Å². The van der Waals surface area contributed by atoms with Gasteiger partial charge in [0.05, 0.1) is 0 Å². The van der Waals surface area contributed by atoms with Crippen molar-refractivity contribution in [3.8, 4) is 0 Å². The molecule has 0 heterocycles. The van der Waals surface area contributed by atoms with Crippen LogP contribution in [0.4, 0.5) is 0 Å². The number of hydrogen-bond donors (Lipinski definition) is 0. The first-order chi connectivity index (χ1) is 6.29. The molecule has 0 radical (unpaired) electrons. The molecule has 0 amide bonds. The zero-order valence-corrected chi connectivity index (χ0v) is 8.59. The Balaban J connectivity index is 2.88. The van der Waals surface area contributed by atoms with E-state index in [2.05, 4.69) is 38.7 Å². The molecule has 13 heavy (non-hydrogen) atoms. The average molecular weight is 174 g/mol. The van der Waals surface area contributed by atoms with Gasteiger partial charge in [0.25, 0.3) is 0 Å². The normalized spacial score (nSPS) is 23.7. The summed E-state index contributed by atoms with van der Waals surface area (Å²) in [5.74, 6) is 0.723. The van der Waals surface area contributed by atoms with Gasteiger partial charge in [0, 0.05) is 0 Å². The van der Waals surface area contributed by atoms with Crippen LogP contribution in [0.5, 0.6) is 0 Å². The highest BCUT2D eigenvalue weighted by atomic mass is 14.2. The van der Waals surface area contributed by atoms with Crippen LogP contribution in [0.1, 0.15) is 26.7 Å². The Morgan fingerprint density at radius 1 is 1.38 bits per heavy atom. The van der Waals surface area contributed by atoms with Gasteiger partial charge in [0.1, 0.15) is 0 Å². The quantitative estimate of drug-likeness (QED) is 0.567. The third-order valence-corrected chi connectivity index (χ3v) is 2.53. The maximum Gasteiger partial charge on any atom is -0.0185 e.